The van der Waals surface area contributed by atoms with E-state index in [0.717, 1.165) is 12.1 Å². The van der Waals surface area contributed by atoms with Gasteiger partial charge in [-0.1, -0.05) is 23.4 Å². The van der Waals surface area contributed by atoms with E-state index in [9.17, 15) is 18.4 Å². The van der Waals surface area contributed by atoms with Crippen LogP contribution in [0.4, 0.5) is 19.3 Å². The van der Waals surface area contributed by atoms with E-state index in [1.165, 1.54) is 24.3 Å². The van der Waals surface area contributed by atoms with Gasteiger partial charge in [0.25, 0.3) is 0 Å². The fraction of sp³-hybridized carbons (Fsp3) is 0.167. The molecule has 0 bridgehead atoms. The standard InChI is InChI=1S/C24H17ClF2N4O2/c1-24(17-7-9-29-20(25)12-17)13-21(32)31(23(33)30(24)2)22-18(26)10-16(11-19(22)27)6-5-15-4-3-8-28-14-15/h3-4,7-12,14H,13H2,1-2H3/t24-/m0/s1. The number of urea groups is 1. The monoisotopic (exact) mass is 466 g/mol. The molecule has 0 unspecified atom stereocenters. The van der Waals surface area contributed by atoms with Crippen molar-refractivity contribution >= 4 is 29.2 Å². The van der Waals surface area contributed by atoms with Gasteiger partial charge in [-0.05, 0) is 48.9 Å². The van der Waals surface area contributed by atoms with Crippen molar-refractivity contribution in [1.29, 1.82) is 0 Å². The molecule has 4 rings (SSSR count). The average molecular weight is 467 g/mol. The van der Waals surface area contributed by atoms with E-state index in [0.29, 0.717) is 16.0 Å². The summed E-state index contributed by atoms with van der Waals surface area (Å²) in [5.41, 5.74) is -0.605. The normalized spacial score (nSPS) is 18.2. The molecule has 1 aromatic carbocycles. The van der Waals surface area contributed by atoms with Gasteiger partial charge in [0.1, 0.15) is 10.8 Å². The first-order chi connectivity index (χ1) is 15.7. The Labute approximate surface area is 193 Å². The highest BCUT2D eigenvalue weighted by Gasteiger charge is 2.47. The van der Waals surface area contributed by atoms with Crippen LogP contribution in [-0.2, 0) is 10.3 Å². The summed E-state index contributed by atoms with van der Waals surface area (Å²) in [4.78, 5) is 35.7. The lowest BCUT2D eigenvalue weighted by Gasteiger charge is -2.45. The van der Waals surface area contributed by atoms with Crippen LogP contribution in [0.1, 0.15) is 30.0 Å². The zero-order valence-electron chi connectivity index (χ0n) is 17.6. The molecule has 6 nitrogen and oxygen atoms in total. The third-order valence-electron chi connectivity index (χ3n) is 5.57. The van der Waals surface area contributed by atoms with E-state index in [1.807, 2.05) is 0 Å². The molecule has 3 amide bonds. The van der Waals surface area contributed by atoms with Crippen LogP contribution < -0.4 is 4.90 Å². The van der Waals surface area contributed by atoms with Gasteiger partial charge in [-0.3, -0.25) is 9.78 Å². The van der Waals surface area contributed by atoms with Gasteiger partial charge in [0.2, 0.25) is 5.91 Å². The predicted octanol–water partition coefficient (Wildman–Crippen LogP) is 4.51. The molecule has 0 aliphatic carbocycles. The summed E-state index contributed by atoms with van der Waals surface area (Å²) in [6.45, 7) is 1.68. The number of aromatic nitrogens is 2. The second-order valence-electron chi connectivity index (χ2n) is 7.67. The van der Waals surface area contributed by atoms with E-state index < -0.39 is 34.8 Å². The highest BCUT2D eigenvalue weighted by atomic mass is 35.5. The van der Waals surface area contributed by atoms with Gasteiger partial charge in [-0.2, -0.15) is 0 Å². The first-order valence-electron chi connectivity index (χ1n) is 9.84. The zero-order chi connectivity index (χ0) is 23.8. The van der Waals surface area contributed by atoms with E-state index in [-0.39, 0.29) is 17.1 Å². The van der Waals surface area contributed by atoms with Gasteiger partial charge < -0.3 is 4.90 Å². The molecule has 0 saturated carbocycles. The Morgan fingerprint density at radius 3 is 2.39 bits per heavy atom. The molecule has 33 heavy (non-hydrogen) atoms. The number of rotatable bonds is 2. The maximum absolute atomic E-state index is 15.0. The van der Waals surface area contributed by atoms with Crippen LogP contribution in [0.5, 0.6) is 0 Å². The molecular weight excluding hydrogens is 450 g/mol. The third-order valence-corrected chi connectivity index (χ3v) is 5.77. The van der Waals surface area contributed by atoms with Gasteiger partial charge in [0.15, 0.2) is 11.6 Å². The van der Waals surface area contributed by atoms with Gasteiger partial charge in [-0.25, -0.2) is 23.5 Å². The largest absolute Gasteiger partial charge is 0.332 e. The van der Waals surface area contributed by atoms with Crippen LogP contribution in [0.15, 0.2) is 55.0 Å². The summed E-state index contributed by atoms with van der Waals surface area (Å²) in [7, 11) is 1.46. The summed E-state index contributed by atoms with van der Waals surface area (Å²) in [6, 6.07) is 7.67. The van der Waals surface area contributed by atoms with Crippen molar-refractivity contribution in [2.24, 2.45) is 0 Å². The summed E-state index contributed by atoms with van der Waals surface area (Å²) in [6.07, 6.45) is 4.35. The van der Waals surface area contributed by atoms with Crippen molar-refractivity contribution in [1.82, 2.24) is 14.9 Å². The molecule has 1 aliphatic rings. The molecule has 166 valence electrons. The highest BCUT2D eigenvalue weighted by molar-refractivity contribution is 6.29. The first kappa shape index (κ1) is 22.4. The topological polar surface area (TPSA) is 66.4 Å². The molecule has 0 spiro atoms. The van der Waals surface area contributed by atoms with Crippen LogP contribution in [0.2, 0.25) is 5.15 Å². The summed E-state index contributed by atoms with van der Waals surface area (Å²) in [5.74, 6) is 2.52. The number of halogens is 3. The maximum atomic E-state index is 15.0. The Morgan fingerprint density at radius 2 is 1.76 bits per heavy atom. The Bertz CT molecular complexity index is 1300. The van der Waals surface area contributed by atoms with E-state index in [4.69, 9.17) is 11.6 Å². The molecule has 1 saturated heterocycles. The lowest BCUT2D eigenvalue weighted by molar-refractivity contribution is -0.122. The number of anilines is 1. The number of nitrogens with zero attached hydrogens (tertiary/aromatic N) is 4. The lowest BCUT2D eigenvalue weighted by atomic mass is 9.85. The van der Waals surface area contributed by atoms with Crippen LogP contribution in [0.3, 0.4) is 0 Å². The highest BCUT2D eigenvalue weighted by Crippen LogP contribution is 2.39. The van der Waals surface area contributed by atoms with Crippen molar-refractivity contribution in [2.45, 2.75) is 18.9 Å². The Morgan fingerprint density at radius 1 is 1.06 bits per heavy atom. The van der Waals surface area contributed by atoms with Crippen LogP contribution in [0.25, 0.3) is 0 Å². The quantitative estimate of drug-likeness (QED) is 0.411. The van der Waals surface area contributed by atoms with Crippen molar-refractivity contribution in [2.75, 3.05) is 11.9 Å². The SMILES string of the molecule is CN1C(=O)N(c2c(F)cc(C#Cc3cccnc3)cc2F)C(=O)C[C@@]1(C)c1ccnc(Cl)c1. The minimum Gasteiger partial charge on any atom is -0.317 e. The van der Waals surface area contributed by atoms with Crippen molar-refractivity contribution < 1.29 is 18.4 Å². The van der Waals surface area contributed by atoms with Gasteiger partial charge >= 0.3 is 6.03 Å². The molecular formula is C24H17ClF2N4O2. The number of benzene rings is 1. The number of carbonyl (C=O) groups is 2. The van der Waals surface area contributed by atoms with Crippen molar-refractivity contribution in [3.05, 3.63) is 88.5 Å². The van der Waals surface area contributed by atoms with E-state index in [1.54, 1.807) is 37.4 Å². The fourth-order valence-corrected chi connectivity index (χ4v) is 3.82. The van der Waals surface area contributed by atoms with Gasteiger partial charge in [0.05, 0.1) is 12.0 Å². The van der Waals surface area contributed by atoms with Crippen molar-refractivity contribution in [3.8, 4) is 11.8 Å². The fourth-order valence-electron chi connectivity index (χ4n) is 3.65. The molecule has 0 radical (unpaired) electrons. The van der Waals surface area contributed by atoms with E-state index in [2.05, 4.69) is 21.8 Å². The minimum atomic E-state index is -1.07. The Balaban J connectivity index is 1.68. The maximum Gasteiger partial charge on any atom is 0.332 e. The average Bonchev–Trinajstić information content (AvgIpc) is 2.78. The van der Waals surface area contributed by atoms with Gasteiger partial charge in [0, 0.05) is 36.8 Å². The first-order valence-corrected chi connectivity index (χ1v) is 10.2. The number of carbonyl (C=O) groups excluding carboxylic acids is 2. The lowest BCUT2D eigenvalue weighted by Crippen LogP contribution is -2.60. The molecule has 1 atom stereocenters. The van der Waals surface area contributed by atoms with Gasteiger partial charge in [-0.15, -0.1) is 0 Å². The third kappa shape index (κ3) is 4.15. The van der Waals surface area contributed by atoms with Crippen LogP contribution in [-0.4, -0.2) is 33.9 Å². The van der Waals surface area contributed by atoms with Crippen LogP contribution >= 0.6 is 11.6 Å². The van der Waals surface area contributed by atoms with Crippen LogP contribution in [0, 0.1) is 23.5 Å². The summed E-state index contributed by atoms with van der Waals surface area (Å²) < 4.78 is 29.9. The molecule has 2 aromatic heterocycles. The second-order valence-corrected chi connectivity index (χ2v) is 8.06. The number of imide groups is 1. The Hall–Kier alpha value is -3.83. The molecule has 1 aliphatic heterocycles. The van der Waals surface area contributed by atoms with E-state index >= 15 is 0 Å². The van der Waals surface area contributed by atoms with Crippen molar-refractivity contribution in [3.63, 3.8) is 0 Å². The molecule has 3 heterocycles. The smallest absolute Gasteiger partial charge is 0.317 e. The summed E-state index contributed by atoms with van der Waals surface area (Å²) in [5, 5.41) is 0.199. The number of amides is 3. The Kier molecular flexibility index (Phi) is 5.83. The number of pyridine rings is 2. The summed E-state index contributed by atoms with van der Waals surface area (Å²) >= 11 is 5.97. The molecule has 0 N–H and O–H groups in total. The number of hydrogen-bond donors (Lipinski definition) is 0. The zero-order valence-corrected chi connectivity index (χ0v) is 18.4. The predicted molar refractivity (Wildman–Crippen MR) is 118 cm³/mol. The number of hydrogen-bond acceptors (Lipinski definition) is 4. The molecule has 3 aromatic rings. The molecule has 9 heteroatoms. The second kappa shape index (κ2) is 8.60. The minimum absolute atomic E-state index is 0.0548. The molecule has 1 fully saturated rings.